The third kappa shape index (κ3) is 5.22. The van der Waals surface area contributed by atoms with Crippen molar-refractivity contribution in [2.45, 2.75) is 24.3 Å². The van der Waals surface area contributed by atoms with Crippen LogP contribution in [-0.4, -0.2) is 57.8 Å². The van der Waals surface area contributed by atoms with Crippen molar-refractivity contribution in [2.24, 2.45) is 5.92 Å². The van der Waals surface area contributed by atoms with Crippen LogP contribution in [0.2, 0.25) is 0 Å². The van der Waals surface area contributed by atoms with Crippen molar-refractivity contribution in [1.29, 1.82) is 0 Å². The van der Waals surface area contributed by atoms with E-state index in [0.717, 1.165) is 15.7 Å². The molecule has 0 aliphatic carbocycles. The maximum atomic E-state index is 13.0. The molecular weight excluding hydrogens is 466 g/mol. The Morgan fingerprint density at radius 1 is 1.07 bits per heavy atom. The first-order chi connectivity index (χ1) is 14.2. The molecule has 1 heterocycles. The van der Waals surface area contributed by atoms with Crippen LogP contribution in [0.15, 0.2) is 57.9 Å². The van der Waals surface area contributed by atoms with E-state index in [9.17, 15) is 13.2 Å². The largest absolute Gasteiger partial charge is 0.378 e. The molecule has 0 N–H and O–H groups in total. The Labute approximate surface area is 187 Å². The van der Waals surface area contributed by atoms with Gasteiger partial charge in [0.2, 0.25) is 15.9 Å². The SMILES string of the molecule is CN(Cc1ccc(N(C)C)cc1)C(=O)C1CCCN(S(=O)(=O)c2ccc(Br)cc2)C1. The molecule has 1 fully saturated rings. The predicted molar refractivity (Wildman–Crippen MR) is 123 cm³/mol. The van der Waals surface area contributed by atoms with E-state index in [1.807, 2.05) is 43.3 Å². The minimum Gasteiger partial charge on any atom is -0.378 e. The van der Waals surface area contributed by atoms with Gasteiger partial charge >= 0.3 is 0 Å². The van der Waals surface area contributed by atoms with Gasteiger partial charge in [-0.2, -0.15) is 4.31 Å². The Hall–Kier alpha value is -1.90. The number of nitrogens with zero attached hydrogens (tertiary/aromatic N) is 3. The van der Waals surface area contributed by atoms with Crippen molar-refractivity contribution in [2.75, 3.05) is 39.1 Å². The minimum absolute atomic E-state index is 0.0117. The summed E-state index contributed by atoms with van der Waals surface area (Å²) in [4.78, 5) is 17.0. The van der Waals surface area contributed by atoms with Crippen LogP contribution in [0, 0.1) is 5.92 Å². The van der Waals surface area contributed by atoms with Crippen LogP contribution in [0.5, 0.6) is 0 Å². The topological polar surface area (TPSA) is 60.9 Å². The van der Waals surface area contributed by atoms with Gasteiger partial charge in [0.1, 0.15) is 0 Å². The van der Waals surface area contributed by atoms with E-state index in [-0.39, 0.29) is 23.3 Å². The molecule has 0 bridgehead atoms. The van der Waals surface area contributed by atoms with Crippen LogP contribution >= 0.6 is 15.9 Å². The molecule has 30 heavy (non-hydrogen) atoms. The first-order valence-electron chi connectivity index (χ1n) is 9.95. The lowest BCUT2D eigenvalue weighted by molar-refractivity contribution is -0.135. The number of anilines is 1. The maximum absolute atomic E-state index is 13.0. The summed E-state index contributed by atoms with van der Waals surface area (Å²) in [6.45, 7) is 1.17. The molecule has 2 aromatic carbocycles. The van der Waals surface area contributed by atoms with Gasteiger partial charge in [0, 0.05) is 50.9 Å². The molecule has 3 rings (SSSR count). The normalized spacial score (nSPS) is 17.5. The molecule has 0 spiro atoms. The van der Waals surface area contributed by atoms with Gasteiger partial charge in [-0.25, -0.2) is 8.42 Å². The number of sulfonamides is 1. The highest BCUT2D eigenvalue weighted by molar-refractivity contribution is 9.10. The Bertz CT molecular complexity index is 976. The number of piperidine rings is 1. The van der Waals surface area contributed by atoms with Gasteiger partial charge in [0.25, 0.3) is 0 Å². The third-order valence-electron chi connectivity index (χ3n) is 5.43. The van der Waals surface area contributed by atoms with Crippen LogP contribution in [0.4, 0.5) is 5.69 Å². The Balaban J connectivity index is 1.66. The van der Waals surface area contributed by atoms with E-state index in [0.29, 0.717) is 25.9 Å². The van der Waals surface area contributed by atoms with Gasteiger partial charge in [-0.3, -0.25) is 4.79 Å². The zero-order valence-corrected chi connectivity index (χ0v) is 20.0. The van der Waals surface area contributed by atoms with Crippen LogP contribution in [-0.2, 0) is 21.4 Å². The molecule has 1 atom stereocenters. The molecule has 1 unspecified atom stereocenters. The van der Waals surface area contributed by atoms with Crippen LogP contribution in [0.1, 0.15) is 18.4 Å². The van der Waals surface area contributed by atoms with Crippen molar-refractivity contribution >= 4 is 37.5 Å². The second-order valence-electron chi connectivity index (χ2n) is 7.91. The summed E-state index contributed by atoms with van der Waals surface area (Å²) in [5, 5.41) is 0. The summed E-state index contributed by atoms with van der Waals surface area (Å²) in [6, 6.07) is 14.7. The smallest absolute Gasteiger partial charge is 0.243 e. The van der Waals surface area contributed by atoms with Crippen molar-refractivity contribution in [3.63, 3.8) is 0 Å². The number of hydrogen-bond acceptors (Lipinski definition) is 4. The highest BCUT2D eigenvalue weighted by atomic mass is 79.9. The summed E-state index contributed by atoms with van der Waals surface area (Å²) >= 11 is 3.33. The number of benzene rings is 2. The lowest BCUT2D eigenvalue weighted by Gasteiger charge is -2.33. The number of carbonyl (C=O) groups is 1. The molecular formula is C22H28BrN3O3S. The summed E-state index contributed by atoms with van der Waals surface area (Å²) in [5.41, 5.74) is 2.15. The molecule has 1 amide bonds. The zero-order valence-electron chi connectivity index (χ0n) is 17.6. The molecule has 0 aromatic heterocycles. The second-order valence-corrected chi connectivity index (χ2v) is 10.8. The van der Waals surface area contributed by atoms with E-state index in [1.54, 1.807) is 36.2 Å². The fourth-order valence-electron chi connectivity index (χ4n) is 3.68. The number of halogens is 1. The number of carbonyl (C=O) groups excluding carboxylic acids is 1. The number of rotatable bonds is 6. The highest BCUT2D eigenvalue weighted by Gasteiger charge is 2.34. The molecule has 0 saturated carbocycles. The molecule has 1 aliphatic heterocycles. The third-order valence-corrected chi connectivity index (χ3v) is 7.84. The van der Waals surface area contributed by atoms with E-state index in [2.05, 4.69) is 15.9 Å². The lowest BCUT2D eigenvalue weighted by Crippen LogP contribution is -2.45. The first kappa shape index (κ1) is 22.8. The molecule has 1 saturated heterocycles. The molecule has 6 nitrogen and oxygen atoms in total. The molecule has 162 valence electrons. The monoisotopic (exact) mass is 493 g/mol. The van der Waals surface area contributed by atoms with Gasteiger partial charge in [-0.05, 0) is 54.8 Å². The minimum atomic E-state index is -3.61. The fourth-order valence-corrected chi connectivity index (χ4v) is 5.47. The number of hydrogen-bond donors (Lipinski definition) is 0. The first-order valence-corrected chi connectivity index (χ1v) is 12.2. The second kappa shape index (κ2) is 9.49. The van der Waals surface area contributed by atoms with E-state index < -0.39 is 10.0 Å². The van der Waals surface area contributed by atoms with E-state index in [4.69, 9.17) is 0 Å². The fraction of sp³-hybridized carbons (Fsp3) is 0.409. The quantitative estimate of drug-likeness (QED) is 0.616. The van der Waals surface area contributed by atoms with Gasteiger partial charge < -0.3 is 9.80 Å². The highest BCUT2D eigenvalue weighted by Crippen LogP contribution is 2.26. The summed E-state index contributed by atoms with van der Waals surface area (Å²) in [5.74, 6) is -0.336. The average molecular weight is 494 g/mol. The standard InChI is InChI=1S/C22H28BrN3O3S/c1-24(2)20-10-6-17(7-11-20)15-25(3)22(27)18-5-4-14-26(16-18)30(28,29)21-12-8-19(23)9-13-21/h6-13,18H,4-5,14-16H2,1-3H3. The zero-order chi connectivity index (χ0) is 21.9. The van der Waals surface area contributed by atoms with Crippen LogP contribution < -0.4 is 4.90 Å². The average Bonchev–Trinajstić information content (AvgIpc) is 2.74. The predicted octanol–water partition coefficient (Wildman–Crippen LogP) is 3.57. The van der Waals surface area contributed by atoms with Crippen molar-refractivity contribution < 1.29 is 13.2 Å². The van der Waals surface area contributed by atoms with Gasteiger partial charge in [0.05, 0.1) is 10.8 Å². The van der Waals surface area contributed by atoms with Crippen molar-refractivity contribution in [3.8, 4) is 0 Å². The lowest BCUT2D eigenvalue weighted by atomic mass is 9.98. The van der Waals surface area contributed by atoms with Gasteiger partial charge in [-0.1, -0.05) is 28.1 Å². The molecule has 0 radical (unpaired) electrons. The number of amides is 1. The van der Waals surface area contributed by atoms with Crippen LogP contribution in [0.3, 0.4) is 0 Å². The van der Waals surface area contributed by atoms with Crippen LogP contribution in [0.25, 0.3) is 0 Å². The Morgan fingerprint density at radius 3 is 2.30 bits per heavy atom. The Morgan fingerprint density at radius 2 is 1.70 bits per heavy atom. The summed E-state index contributed by atoms with van der Waals surface area (Å²) in [7, 11) is 2.15. The maximum Gasteiger partial charge on any atom is 0.243 e. The molecule has 1 aliphatic rings. The van der Waals surface area contributed by atoms with E-state index in [1.165, 1.54) is 4.31 Å². The van der Waals surface area contributed by atoms with Crippen molar-refractivity contribution in [3.05, 3.63) is 58.6 Å². The summed E-state index contributed by atoms with van der Waals surface area (Å²) < 4.78 is 28.3. The van der Waals surface area contributed by atoms with Gasteiger partial charge in [-0.15, -0.1) is 0 Å². The Kier molecular flexibility index (Phi) is 7.21. The van der Waals surface area contributed by atoms with Crippen molar-refractivity contribution in [1.82, 2.24) is 9.21 Å². The van der Waals surface area contributed by atoms with Gasteiger partial charge in [0.15, 0.2) is 0 Å². The van der Waals surface area contributed by atoms with E-state index >= 15 is 0 Å². The molecule has 8 heteroatoms. The summed E-state index contributed by atoms with van der Waals surface area (Å²) in [6.07, 6.45) is 1.38. The molecule has 2 aromatic rings.